The Morgan fingerprint density at radius 2 is 1.53 bits per heavy atom. The molecule has 3 aromatic carbocycles. The van der Waals surface area contributed by atoms with Gasteiger partial charge in [-0.25, -0.2) is 9.48 Å². The smallest absolute Gasteiger partial charge is 0.360 e. The van der Waals surface area contributed by atoms with E-state index in [4.69, 9.17) is 16.3 Å². The van der Waals surface area contributed by atoms with Crippen LogP contribution >= 0.6 is 11.6 Å². The van der Waals surface area contributed by atoms with Gasteiger partial charge >= 0.3 is 5.97 Å². The second kappa shape index (κ2) is 11.7. The van der Waals surface area contributed by atoms with Gasteiger partial charge in [-0.1, -0.05) is 72.3 Å². The highest BCUT2D eigenvalue weighted by atomic mass is 35.5. The minimum atomic E-state index is -0.565. The fraction of sp³-hybridized carbons (Fsp3) is 0.207. The first kappa shape index (κ1) is 25.2. The summed E-state index contributed by atoms with van der Waals surface area (Å²) < 4.78 is 6.59. The fourth-order valence-electron chi connectivity index (χ4n) is 4.15. The van der Waals surface area contributed by atoms with Crippen LogP contribution in [-0.2, 0) is 4.74 Å². The van der Waals surface area contributed by atoms with Gasteiger partial charge in [0.1, 0.15) is 0 Å². The Hall–Kier alpha value is -3.90. The van der Waals surface area contributed by atoms with Crippen molar-refractivity contribution in [3.8, 4) is 5.69 Å². The first-order chi connectivity index (χ1) is 17.5. The van der Waals surface area contributed by atoms with Gasteiger partial charge in [-0.05, 0) is 55.7 Å². The number of ether oxygens (including phenoxy) is 1. The van der Waals surface area contributed by atoms with Crippen molar-refractivity contribution in [3.05, 3.63) is 118 Å². The first-order valence-electron chi connectivity index (χ1n) is 11.9. The van der Waals surface area contributed by atoms with Crippen LogP contribution in [-0.4, -0.2) is 34.8 Å². The zero-order valence-electron chi connectivity index (χ0n) is 20.3. The van der Waals surface area contributed by atoms with Crippen molar-refractivity contribution in [2.24, 2.45) is 0 Å². The predicted octanol–water partition coefficient (Wildman–Crippen LogP) is 5.96. The number of amides is 1. The Labute approximate surface area is 215 Å². The molecule has 1 aromatic heterocycles. The normalized spacial score (nSPS) is 10.9. The topological polar surface area (TPSA) is 73.2 Å². The summed E-state index contributed by atoms with van der Waals surface area (Å²) in [6.07, 6.45) is 0.777. The molecule has 0 spiro atoms. The van der Waals surface area contributed by atoms with Crippen molar-refractivity contribution in [3.63, 3.8) is 0 Å². The fourth-order valence-corrected chi connectivity index (χ4v) is 4.34. The Morgan fingerprint density at radius 3 is 2.08 bits per heavy atom. The van der Waals surface area contributed by atoms with Crippen LogP contribution < -0.4 is 5.32 Å². The maximum atomic E-state index is 12.8. The molecule has 0 aliphatic carbocycles. The highest BCUT2D eigenvalue weighted by Crippen LogP contribution is 2.27. The molecular weight excluding hydrogens is 474 g/mol. The van der Waals surface area contributed by atoms with Gasteiger partial charge in [0, 0.05) is 18.0 Å². The first-order valence-corrected chi connectivity index (χ1v) is 12.3. The number of hydrogen-bond acceptors (Lipinski definition) is 4. The number of rotatable bonds is 9. The van der Waals surface area contributed by atoms with Gasteiger partial charge in [0.15, 0.2) is 5.69 Å². The number of halogens is 1. The van der Waals surface area contributed by atoms with E-state index >= 15 is 0 Å². The number of esters is 1. The van der Waals surface area contributed by atoms with E-state index < -0.39 is 5.97 Å². The van der Waals surface area contributed by atoms with E-state index in [0.717, 1.165) is 6.42 Å². The van der Waals surface area contributed by atoms with Crippen LogP contribution in [0.5, 0.6) is 0 Å². The summed E-state index contributed by atoms with van der Waals surface area (Å²) >= 11 is 6.30. The van der Waals surface area contributed by atoms with Crippen molar-refractivity contribution in [2.45, 2.75) is 26.2 Å². The van der Waals surface area contributed by atoms with Crippen molar-refractivity contribution in [1.29, 1.82) is 0 Å². The molecule has 1 heterocycles. The third kappa shape index (κ3) is 5.66. The Balaban J connectivity index is 1.42. The molecule has 7 heteroatoms. The van der Waals surface area contributed by atoms with E-state index in [1.165, 1.54) is 11.1 Å². The van der Waals surface area contributed by atoms with Gasteiger partial charge in [0.05, 0.1) is 23.0 Å². The van der Waals surface area contributed by atoms with Gasteiger partial charge in [-0.3, -0.25) is 4.79 Å². The molecule has 1 amide bonds. The summed E-state index contributed by atoms with van der Waals surface area (Å²) in [6, 6.07) is 27.7. The Bertz CT molecular complexity index is 1280. The lowest BCUT2D eigenvalue weighted by molar-refractivity contribution is 0.0519. The summed E-state index contributed by atoms with van der Waals surface area (Å²) in [5.41, 5.74) is 4.36. The van der Waals surface area contributed by atoms with Gasteiger partial charge in [0.2, 0.25) is 0 Å². The molecule has 1 N–H and O–H groups in total. The van der Waals surface area contributed by atoms with Gasteiger partial charge in [-0.15, -0.1) is 0 Å². The van der Waals surface area contributed by atoms with Gasteiger partial charge in [-0.2, -0.15) is 5.10 Å². The summed E-state index contributed by atoms with van der Waals surface area (Å²) in [4.78, 5) is 24.9. The molecule has 0 saturated heterocycles. The second-order valence-corrected chi connectivity index (χ2v) is 8.72. The molecule has 0 aliphatic rings. The number of carbonyl (C=O) groups is 2. The molecule has 0 unspecified atom stereocenters. The van der Waals surface area contributed by atoms with Crippen LogP contribution in [0.25, 0.3) is 5.69 Å². The van der Waals surface area contributed by atoms with Crippen LogP contribution in [0.15, 0.2) is 84.9 Å². The number of hydrogen-bond donors (Lipinski definition) is 1. The number of nitrogens with zero attached hydrogens (tertiary/aromatic N) is 2. The minimum Gasteiger partial charge on any atom is -0.461 e. The van der Waals surface area contributed by atoms with E-state index in [0.29, 0.717) is 23.5 Å². The van der Waals surface area contributed by atoms with E-state index in [-0.39, 0.29) is 29.1 Å². The minimum absolute atomic E-state index is 0.0734. The highest BCUT2D eigenvalue weighted by molar-refractivity contribution is 6.34. The molecule has 4 aromatic rings. The number of benzene rings is 3. The zero-order valence-corrected chi connectivity index (χ0v) is 21.0. The molecule has 4 rings (SSSR count). The van der Waals surface area contributed by atoms with Gasteiger partial charge in [0.25, 0.3) is 5.91 Å². The third-order valence-corrected chi connectivity index (χ3v) is 6.46. The lowest BCUT2D eigenvalue weighted by Crippen LogP contribution is -2.25. The zero-order chi connectivity index (χ0) is 25.5. The van der Waals surface area contributed by atoms with Crippen LogP contribution in [0.4, 0.5) is 0 Å². The van der Waals surface area contributed by atoms with Crippen LogP contribution in [0.3, 0.4) is 0 Å². The standard InChI is InChI=1S/C29H28ClN3O3/c1-3-36-29(35)27-26(30)20(2)33(32-27)24-16-14-23(15-17-24)28(34)31-19-18-25(21-10-6-4-7-11-21)22-12-8-5-9-13-22/h4-17,25H,3,18-19H2,1-2H3,(H,31,34). The molecule has 0 aliphatic heterocycles. The molecule has 0 saturated carbocycles. The molecule has 36 heavy (non-hydrogen) atoms. The molecular formula is C29H28ClN3O3. The van der Waals surface area contributed by atoms with Crippen molar-refractivity contribution < 1.29 is 14.3 Å². The number of carbonyl (C=O) groups excluding carboxylic acids is 2. The highest BCUT2D eigenvalue weighted by Gasteiger charge is 2.21. The number of aromatic nitrogens is 2. The molecule has 0 fully saturated rings. The summed E-state index contributed by atoms with van der Waals surface area (Å²) in [5.74, 6) is -0.523. The van der Waals surface area contributed by atoms with E-state index in [1.54, 1.807) is 42.8 Å². The van der Waals surface area contributed by atoms with E-state index in [2.05, 4.69) is 34.7 Å². The molecule has 0 bridgehead atoms. The monoisotopic (exact) mass is 501 g/mol. The van der Waals surface area contributed by atoms with Crippen LogP contribution in [0.1, 0.15) is 56.9 Å². The maximum absolute atomic E-state index is 12.8. The quantitative estimate of drug-likeness (QED) is 0.287. The van der Waals surface area contributed by atoms with Crippen molar-refractivity contribution in [1.82, 2.24) is 15.1 Å². The lowest BCUT2D eigenvalue weighted by Gasteiger charge is -2.18. The maximum Gasteiger partial charge on any atom is 0.360 e. The van der Waals surface area contributed by atoms with Crippen molar-refractivity contribution >= 4 is 23.5 Å². The van der Waals surface area contributed by atoms with E-state index in [1.807, 2.05) is 36.4 Å². The van der Waals surface area contributed by atoms with Crippen molar-refractivity contribution in [2.75, 3.05) is 13.2 Å². The lowest BCUT2D eigenvalue weighted by atomic mass is 9.88. The SMILES string of the molecule is CCOC(=O)c1nn(-c2ccc(C(=O)NCCC(c3ccccc3)c3ccccc3)cc2)c(C)c1Cl. The molecule has 0 radical (unpaired) electrons. The molecule has 6 nitrogen and oxygen atoms in total. The third-order valence-electron chi connectivity index (χ3n) is 6.01. The second-order valence-electron chi connectivity index (χ2n) is 8.35. The summed E-state index contributed by atoms with van der Waals surface area (Å²) in [6.45, 7) is 4.27. The predicted molar refractivity (Wildman–Crippen MR) is 141 cm³/mol. The van der Waals surface area contributed by atoms with Crippen LogP contribution in [0, 0.1) is 6.92 Å². The Morgan fingerprint density at radius 1 is 0.944 bits per heavy atom. The van der Waals surface area contributed by atoms with E-state index in [9.17, 15) is 9.59 Å². The average molecular weight is 502 g/mol. The largest absolute Gasteiger partial charge is 0.461 e. The van der Waals surface area contributed by atoms with Gasteiger partial charge < -0.3 is 10.1 Å². The van der Waals surface area contributed by atoms with Crippen LogP contribution in [0.2, 0.25) is 5.02 Å². The number of nitrogens with one attached hydrogen (secondary N) is 1. The summed E-state index contributed by atoms with van der Waals surface area (Å²) in [5, 5.41) is 7.60. The average Bonchev–Trinajstić information content (AvgIpc) is 3.22. The Kier molecular flexibility index (Phi) is 8.18. The molecule has 0 atom stereocenters. The summed E-state index contributed by atoms with van der Waals surface area (Å²) in [7, 11) is 0. The molecule has 184 valence electrons.